The molecule has 6 nitrogen and oxygen atoms in total. The Morgan fingerprint density at radius 3 is 2.36 bits per heavy atom. The van der Waals surface area contributed by atoms with Crippen LogP contribution in [-0.2, 0) is 15.7 Å². The minimum absolute atomic E-state index is 0.191. The summed E-state index contributed by atoms with van der Waals surface area (Å²) in [4.78, 5) is 21.4. The van der Waals surface area contributed by atoms with E-state index in [-0.39, 0.29) is 5.69 Å². The third-order valence-corrected chi connectivity index (χ3v) is 2.36. The molecule has 22 heavy (non-hydrogen) atoms. The van der Waals surface area contributed by atoms with Gasteiger partial charge in [0.25, 0.3) is 5.69 Å². The second-order valence-electron chi connectivity index (χ2n) is 5.43. The first-order valence-corrected chi connectivity index (χ1v) is 6.21. The maximum Gasteiger partial charge on any atom is 0.416 e. The first-order chi connectivity index (χ1) is 9.90. The molecule has 0 spiro atoms. The number of anilines is 1. The molecular weight excluding hydrogens is 305 g/mol. The van der Waals surface area contributed by atoms with E-state index in [0.29, 0.717) is 12.1 Å². The largest absolute Gasteiger partial charge is 0.459 e. The number of carbonyl (C=O) groups is 1. The Hall–Kier alpha value is -2.32. The van der Waals surface area contributed by atoms with Gasteiger partial charge in [0.2, 0.25) is 0 Å². The number of carbonyl (C=O) groups excluding carboxylic acids is 1. The second-order valence-corrected chi connectivity index (χ2v) is 5.43. The Bertz CT molecular complexity index is 580. The Morgan fingerprint density at radius 1 is 1.32 bits per heavy atom. The number of rotatable bonds is 4. The molecule has 0 fully saturated rings. The smallest absolute Gasteiger partial charge is 0.416 e. The lowest BCUT2D eigenvalue weighted by atomic mass is 10.1. The van der Waals surface area contributed by atoms with Crippen LogP contribution in [0, 0.1) is 10.1 Å². The van der Waals surface area contributed by atoms with E-state index in [1.54, 1.807) is 20.8 Å². The highest BCUT2D eigenvalue weighted by molar-refractivity contribution is 5.77. The van der Waals surface area contributed by atoms with Crippen molar-refractivity contribution in [1.29, 1.82) is 0 Å². The average Bonchev–Trinajstić information content (AvgIpc) is 2.32. The lowest BCUT2D eigenvalue weighted by Gasteiger charge is -2.19. The number of nitrogens with zero attached hydrogens (tertiary/aromatic N) is 1. The van der Waals surface area contributed by atoms with Gasteiger partial charge in [0, 0.05) is 6.07 Å². The molecule has 1 rings (SSSR count). The summed E-state index contributed by atoms with van der Waals surface area (Å²) >= 11 is 0. The predicted molar refractivity (Wildman–Crippen MR) is 72.4 cm³/mol. The molecule has 0 aliphatic carbocycles. The number of ether oxygens (including phenoxy) is 1. The summed E-state index contributed by atoms with van der Waals surface area (Å²) in [5.41, 5.74) is -2.82. The standard InChI is InChI=1S/C13H15F3N2O4/c1-12(2,3)22-11(19)7-17-9-5-4-8(13(14,15)16)6-10(9)18(20)21/h4-6,17H,7H2,1-3H3. The van der Waals surface area contributed by atoms with Crippen molar-refractivity contribution < 1.29 is 27.6 Å². The van der Waals surface area contributed by atoms with Crippen molar-refractivity contribution in [2.45, 2.75) is 32.5 Å². The van der Waals surface area contributed by atoms with Crippen molar-refractivity contribution in [3.8, 4) is 0 Å². The summed E-state index contributed by atoms with van der Waals surface area (Å²) in [6, 6.07) is 2.02. The maximum atomic E-state index is 12.5. The van der Waals surface area contributed by atoms with Gasteiger partial charge in [0.05, 0.1) is 10.5 Å². The Labute approximate surface area is 124 Å². The molecule has 0 aliphatic heterocycles. The van der Waals surface area contributed by atoms with Crippen LogP contribution in [0.4, 0.5) is 24.5 Å². The van der Waals surface area contributed by atoms with E-state index >= 15 is 0 Å². The van der Waals surface area contributed by atoms with Crippen molar-refractivity contribution in [3.05, 3.63) is 33.9 Å². The Kier molecular flexibility index (Phi) is 5.00. The Morgan fingerprint density at radius 2 is 1.91 bits per heavy atom. The predicted octanol–water partition coefficient (Wildman–Crippen LogP) is 3.37. The van der Waals surface area contributed by atoms with Crippen molar-refractivity contribution in [3.63, 3.8) is 0 Å². The van der Waals surface area contributed by atoms with Crippen molar-refractivity contribution >= 4 is 17.3 Å². The van der Waals surface area contributed by atoms with Gasteiger partial charge < -0.3 is 10.1 Å². The highest BCUT2D eigenvalue weighted by Crippen LogP contribution is 2.34. The second kappa shape index (κ2) is 6.20. The number of hydrogen-bond acceptors (Lipinski definition) is 5. The highest BCUT2D eigenvalue weighted by atomic mass is 19.4. The molecule has 0 amide bonds. The summed E-state index contributed by atoms with van der Waals surface area (Å²) in [6.07, 6.45) is -4.69. The molecule has 0 unspecified atom stereocenters. The van der Waals surface area contributed by atoms with Gasteiger partial charge in [-0.3, -0.25) is 14.9 Å². The zero-order chi connectivity index (χ0) is 17.1. The third kappa shape index (κ3) is 5.23. The average molecular weight is 320 g/mol. The number of nitro benzene ring substituents is 1. The number of nitrogens with one attached hydrogen (secondary N) is 1. The van der Waals surface area contributed by atoms with Crippen LogP contribution in [0.5, 0.6) is 0 Å². The van der Waals surface area contributed by atoms with Gasteiger partial charge in [0.15, 0.2) is 0 Å². The van der Waals surface area contributed by atoms with Gasteiger partial charge in [-0.2, -0.15) is 13.2 Å². The summed E-state index contributed by atoms with van der Waals surface area (Å²) in [7, 11) is 0. The number of hydrogen-bond donors (Lipinski definition) is 1. The maximum absolute atomic E-state index is 12.5. The fourth-order valence-electron chi connectivity index (χ4n) is 1.55. The Balaban J connectivity index is 2.92. The molecule has 0 bridgehead atoms. The van der Waals surface area contributed by atoms with Crippen LogP contribution in [0.3, 0.4) is 0 Å². The normalized spacial score (nSPS) is 11.9. The summed E-state index contributed by atoms with van der Waals surface area (Å²) in [5, 5.41) is 13.3. The lowest BCUT2D eigenvalue weighted by molar-refractivity contribution is -0.384. The highest BCUT2D eigenvalue weighted by Gasteiger charge is 2.33. The van der Waals surface area contributed by atoms with Crippen LogP contribution in [-0.4, -0.2) is 23.0 Å². The molecule has 0 saturated heterocycles. The number of alkyl halides is 3. The monoisotopic (exact) mass is 320 g/mol. The van der Waals surface area contributed by atoms with Crippen LogP contribution in [0.1, 0.15) is 26.3 Å². The van der Waals surface area contributed by atoms with Gasteiger partial charge in [-0.25, -0.2) is 0 Å². The number of halogens is 3. The summed E-state index contributed by atoms with van der Waals surface area (Å²) < 4.78 is 42.6. The number of esters is 1. The van der Waals surface area contributed by atoms with Gasteiger partial charge in [0.1, 0.15) is 17.8 Å². The fraction of sp³-hybridized carbons (Fsp3) is 0.462. The molecule has 1 aromatic rings. The van der Waals surface area contributed by atoms with Crippen LogP contribution in [0.15, 0.2) is 18.2 Å². The van der Waals surface area contributed by atoms with Crippen LogP contribution < -0.4 is 5.32 Å². The zero-order valence-corrected chi connectivity index (χ0v) is 12.2. The molecule has 9 heteroatoms. The van der Waals surface area contributed by atoms with Crippen molar-refractivity contribution in [1.82, 2.24) is 0 Å². The molecular formula is C13H15F3N2O4. The molecule has 0 aliphatic rings. The summed E-state index contributed by atoms with van der Waals surface area (Å²) in [6.45, 7) is 4.53. The van der Waals surface area contributed by atoms with Crippen LogP contribution in [0.2, 0.25) is 0 Å². The molecule has 1 N–H and O–H groups in total. The van der Waals surface area contributed by atoms with Gasteiger partial charge >= 0.3 is 12.1 Å². The van der Waals surface area contributed by atoms with E-state index in [0.717, 1.165) is 6.07 Å². The number of benzene rings is 1. The molecule has 122 valence electrons. The molecule has 0 saturated carbocycles. The lowest BCUT2D eigenvalue weighted by Crippen LogP contribution is -2.28. The van der Waals surface area contributed by atoms with Crippen molar-refractivity contribution in [2.75, 3.05) is 11.9 Å². The fourth-order valence-corrected chi connectivity index (χ4v) is 1.55. The van der Waals surface area contributed by atoms with E-state index in [1.807, 2.05) is 0 Å². The molecule has 0 heterocycles. The van der Waals surface area contributed by atoms with Crippen LogP contribution in [0.25, 0.3) is 0 Å². The molecule has 1 aromatic carbocycles. The topological polar surface area (TPSA) is 81.5 Å². The first kappa shape index (κ1) is 17.7. The SMILES string of the molecule is CC(C)(C)OC(=O)CNc1ccc(C(F)(F)F)cc1[N+](=O)[O-]. The van der Waals surface area contributed by atoms with E-state index in [9.17, 15) is 28.1 Å². The molecule has 0 radical (unpaired) electrons. The quantitative estimate of drug-likeness (QED) is 0.522. The van der Waals surface area contributed by atoms with Gasteiger partial charge in [-0.05, 0) is 32.9 Å². The van der Waals surface area contributed by atoms with E-state index in [4.69, 9.17) is 4.74 Å². The summed E-state index contributed by atoms with van der Waals surface area (Å²) in [5.74, 6) is -0.679. The zero-order valence-electron chi connectivity index (χ0n) is 12.2. The van der Waals surface area contributed by atoms with Crippen LogP contribution >= 0.6 is 0 Å². The molecule has 0 atom stereocenters. The minimum Gasteiger partial charge on any atom is -0.459 e. The minimum atomic E-state index is -4.69. The van der Waals surface area contributed by atoms with E-state index < -0.39 is 40.5 Å². The third-order valence-electron chi connectivity index (χ3n) is 2.36. The van der Waals surface area contributed by atoms with E-state index in [1.165, 1.54) is 0 Å². The van der Waals surface area contributed by atoms with E-state index in [2.05, 4.69) is 5.32 Å². The number of nitro groups is 1. The van der Waals surface area contributed by atoms with Crippen molar-refractivity contribution in [2.24, 2.45) is 0 Å². The molecule has 0 aromatic heterocycles. The van der Waals surface area contributed by atoms with Gasteiger partial charge in [-0.1, -0.05) is 0 Å². The first-order valence-electron chi connectivity index (χ1n) is 6.21. The van der Waals surface area contributed by atoms with Gasteiger partial charge in [-0.15, -0.1) is 0 Å².